The molecule has 0 bridgehead atoms. The highest BCUT2D eigenvalue weighted by Gasteiger charge is 2.61. The average Bonchev–Trinajstić information content (AvgIpc) is 3.34. The Balaban J connectivity index is 1.70. The number of nitrogens with one attached hydrogen (secondary N) is 2. The lowest BCUT2D eigenvalue weighted by Crippen LogP contribution is -2.34. The van der Waals surface area contributed by atoms with Gasteiger partial charge in [-0.3, -0.25) is 4.79 Å². The van der Waals surface area contributed by atoms with Crippen LogP contribution in [-0.2, 0) is 9.84 Å². The van der Waals surface area contributed by atoms with Gasteiger partial charge in [-0.05, 0) is 25.0 Å². The van der Waals surface area contributed by atoms with Crippen molar-refractivity contribution in [3.63, 3.8) is 0 Å². The number of alkyl halides is 2. The third-order valence-electron chi connectivity index (χ3n) is 5.08. The Kier molecular flexibility index (Phi) is 6.99. The maximum absolute atomic E-state index is 13.9. The van der Waals surface area contributed by atoms with E-state index in [-0.39, 0.29) is 40.7 Å². The molecule has 1 aromatic carbocycles. The number of carbonyl (C=O) groups is 1. The maximum atomic E-state index is 13.9. The van der Waals surface area contributed by atoms with E-state index in [1.807, 2.05) is 0 Å². The summed E-state index contributed by atoms with van der Waals surface area (Å²) >= 11 is 6.00. The quantitative estimate of drug-likeness (QED) is 0.556. The van der Waals surface area contributed by atoms with Crippen LogP contribution in [0.3, 0.4) is 0 Å². The van der Waals surface area contributed by atoms with Crippen LogP contribution in [0, 0.1) is 11.7 Å². The Morgan fingerprint density at radius 1 is 1.31 bits per heavy atom. The highest BCUT2D eigenvalue weighted by Crippen LogP contribution is 2.56. The van der Waals surface area contributed by atoms with Gasteiger partial charge in [0, 0.05) is 18.7 Å². The molecule has 0 radical (unpaired) electrons. The molecule has 1 aliphatic carbocycles. The lowest BCUT2D eigenvalue weighted by Gasteiger charge is -2.21. The van der Waals surface area contributed by atoms with E-state index in [1.165, 1.54) is 18.3 Å². The normalized spacial score (nSPS) is 19.1. The molecule has 32 heavy (non-hydrogen) atoms. The van der Waals surface area contributed by atoms with E-state index >= 15 is 0 Å². The first-order valence-corrected chi connectivity index (χ1v) is 12.2. The highest BCUT2D eigenvalue weighted by molar-refractivity contribution is 7.90. The Hall–Kier alpha value is -2.40. The van der Waals surface area contributed by atoms with Crippen molar-refractivity contribution in [2.75, 3.05) is 17.3 Å². The molecule has 1 fully saturated rings. The highest BCUT2D eigenvalue weighted by atomic mass is 35.5. The summed E-state index contributed by atoms with van der Waals surface area (Å²) in [5.41, 5.74) is 0.149. The fourth-order valence-electron chi connectivity index (χ4n) is 3.19. The maximum Gasteiger partial charge on any atom is 0.271 e. The Morgan fingerprint density at radius 2 is 2.00 bits per heavy atom. The first-order chi connectivity index (χ1) is 14.9. The Morgan fingerprint density at radius 3 is 2.56 bits per heavy atom. The zero-order valence-corrected chi connectivity index (χ0v) is 18.9. The summed E-state index contributed by atoms with van der Waals surface area (Å²) in [6, 6.07) is 2.57. The number of benzene rings is 1. The second kappa shape index (κ2) is 9.22. The fraction of sp³-hybridized carbons (Fsp3) is 0.450. The van der Waals surface area contributed by atoms with Gasteiger partial charge >= 0.3 is 0 Å². The Labute approximate surface area is 188 Å². The van der Waals surface area contributed by atoms with E-state index in [2.05, 4.69) is 20.6 Å². The third kappa shape index (κ3) is 6.10. The van der Waals surface area contributed by atoms with Crippen molar-refractivity contribution >= 4 is 33.2 Å². The molecule has 12 heteroatoms. The van der Waals surface area contributed by atoms with Crippen molar-refractivity contribution in [2.24, 2.45) is 5.92 Å². The molecule has 0 spiro atoms. The summed E-state index contributed by atoms with van der Waals surface area (Å²) in [5, 5.41) is 5.19. The van der Waals surface area contributed by atoms with Gasteiger partial charge < -0.3 is 10.6 Å². The van der Waals surface area contributed by atoms with Crippen LogP contribution in [0.15, 0.2) is 30.6 Å². The summed E-state index contributed by atoms with van der Waals surface area (Å²) < 4.78 is 63.9. The van der Waals surface area contributed by atoms with Crippen molar-refractivity contribution in [3.8, 4) is 0 Å². The summed E-state index contributed by atoms with van der Waals surface area (Å²) in [4.78, 5) is 20.3. The van der Waals surface area contributed by atoms with Crippen LogP contribution in [0.1, 0.15) is 41.9 Å². The molecular weight excluding hydrogens is 469 g/mol. The van der Waals surface area contributed by atoms with Gasteiger partial charge in [-0.2, -0.15) is 0 Å². The summed E-state index contributed by atoms with van der Waals surface area (Å²) in [5.74, 6) is -5.24. The number of hydrogen-bond donors (Lipinski definition) is 2. The second-order valence-corrected chi connectivity index (χ2v) is 10.6. The first-order valence-electron chi connectivity index (χ1n) is 9.76. The van der Waals surface area contributed by atoms with Crippen molar-refractivity contribution < 1.29 is 26.4 Å². The average molecular weight is 491 g/mol. The molecule has 3 rings (SSSR count). The largest absolute Gasteiger partial charge is 0.361 e. The van der Waals surface area contributed by atoms with Crippen LogP contribution in [-0.4, -0.2) is 48.3 Å². The van der Waals surface area contributed by atoms with Gasteiger partial charge in [0.2, 0.25) is 0 Å². The summed E-state index contributed by atoms with van der Waals surface area (Å²) in [6.07, 6.45) is 3.34. The minimum atomic E-state index is -3.15. The number of anilines is 1. The minimum absolute atomic E-state index is 0.0288. The van der Waals surface area contributed by atoms with Gasteiger partial charge in [0.1, 0.15) is 27.2 Å². The molecule has 1 amide bonds. The molecular formula is C20H22ClF3N4O3S. The van der Waals surface area contributed by atoms with Crippen molar-refractivity contribution in [1.82, 2.24) is 15.3 Å². The predicted molar refractivity (Wildman–Crippen MR) is 114 cm³/mol. The number of rotatable bonds is 9. The van der Waals surface area contributed by atoms with E-state index in [0.29, 0.717) is 0 Å². The van der Waals surface area contributed by atoms with E-state index in [9.17, 15) is 26.4 Å². The van der Waals surface area contributed by atoms with Gasteiger partial charge in [-0.25, -0.2) is 31.6 Å². The number of hydrogen-bond acceptors (Lipinski definition) is 6. The fourth-order valence-corrected chi connectivity index (χ4v) is 4.22. The second-order valence-electron chi connectivity index (χ2n) is 7.92. The van der Waals surface area contributed by atoms with Gasteiger partial charge in [-0.1, -0.05) is 23.7 Å². The molecule has 0 aliphatic heterocycles. The van der Waals surface area contributed by atoms with Gasteiger partial charge in [0.25, 0.3) is 11.8 Å². The number of carbonyl (C=O) groups excluding carboxylic acids is 1. The first kappa shape index (κ1) is 24.2. The van der Waals surface area contributed by atoms with Crippen LogP contribution in [0.4, 0.5) is 19.0 Å². The Bertz CT molecular complexity index is 1100. The zero-order chi connectivity index (χ0) is 23.7. The van der Waals surface area contributed by atoms with Crippen LogP contribution in [0.5, 0.6) is 0 Å². The molecule has 1 aliphatic rings. The molecule has 2 aromatic rings. The van der Waals surface area contributed by atoms with Crippen LogP contribution in [0.25, 0.3) is 0 Å². The van der Waals surface area contributed by atoms with E-state index in [0.717, 1.165) is 18.5 Å². The minimum Gasteiger partial charge on any atom is -0.361 e. The van der Waals surface area contributed by atoms with E-state index in [1.54, 1.807) is 6.92 Å². The molecule has 1 heterocycles. The van der Waals surface area contributed by atoms with E-state index in [4.69, 9.17) is 11.6 Å². The van der Waals surface area contributed by atoms with Crippen molar-refractivity contribution in [1.29, 1.82) is 0 Å². The molecule has 0 unspecified atom stereocenters. The molecule has 0 saturated heterocycles. The van der Waals surface area contributed by atoms with Crippen LogP contribution >= 0.6 is 11.6 Å². The van der Waals surface area contributed by atoms with Gasteiger partial charge in [0.05, 0.1) is 35.1 Å². The lowest BCUT2D eigenvalue weighted by atomic mass is 10.0. The molecule has 7 nitrogen and oxygen atoms in total. The zero-order valence-electron chi connectivity index (χ0n) is 17.3. The van der Waals surface area contributed by atoms with Crippen LogP contribution < -0.4 is 10.6 Å². The number of nitrogens with zero attached hydrogens (tertiary/aromatic N) is 2. The number of amides is 1. The standard InChI is InChI=1S/C20H22ClF3N4O3S/c1-11(6-7-32(2,30)31)27-19(29)15-9-26-16(10-25-15)28-18(13-8-20(13,23)24)12-4-3-5-14(22)17(12)21/h3-5,9-11,13,18H,6-8H2,1-2H3,(H,26,28)(H,27,29)/t11-,13-,18-/m1/s1. The number of halogens is 4. The number of aromatic nitrogens is 2. The monoisotopic (exact) mass is 490 g/mol. The van der Waals surface area contributed by atoms with Crippen molar-refractivity contribution in [3.05, 3.63) is 52.7 Å². The lowest BCUT2D eigenvalue weighted by molar-refractivity contribution is 0.0931. The molecule has 3 atom stereocenters. The van der Waals surface area contributed by atoms with Crippen molar-refractivity contribution in [2.45, 2.75) is 37.8 Å². The summed E-state index contributed by atoms with van der Waals surface area (Å²) in [6.45, 7) is 1.66. The molecule has 1 aromatic heterocycles. The predicted octanol–water partition coefficient (Wildman–Crippen LogP) is 3.63. The topological polar surface area (TPSA) is 101 Å². The SMILES string of the molecule is C[C@H](CCS(C)(=O)=O)NC(=O)c1cnc(N[C@H](c2cccc(F)c2Cl)[C@H]2CC2(F)F)cn1. The van der Waals surface area contributed by atoms with Crippen LogP contribution in [0.2, 0.25) is 5.02 Å². The van der Waals surface area contributed by atoms with Gasteiger partial charge in [-0.15, -0.1) is 0 Å². The smallest absolute Gasteiger partial charge is 0.271 e. The number of sulfone groups is 1. The van der Waals surface area contributed by atoms with Gasteiger partial charge in [0.15, 0.2) is 0 Å². The van der Waals surface area contributed by atoms with E-state index < -0.39 is 45.5 Å². The molecule has 174 valence electrons. The molecule has 2 N–H and O–H groups in total. The molecule has 1 saturated carbocycles. The summed E-state index contributed by atoms with van der Waals surface area (Å²) in [7, 11) is -3.15. The third-order valence-corrected chi connectivity index (χ3v) is 6.46.